The van der Waals surface area contributed by atoms with Crippen molar-refractivity contribution in [3.05, 3.63) is 0 Å². The molecule has 0 fully saturated rings. The van der Waals surface area contributed by atoms with Gasteiger partial charge in [-0.1, -0.05) is 0 Å². The highest BCUT2D eigenvalue weighted by atomic mass is 28.2. The van der Waals surface area contributed by atoms with Gasteiger partial charge in [0.25, 0.3) is 0 Å². The summed E-state index contributed by atoms with van der Waals surface area (Å²) in [5, 5.41) is 0. The standard InChI is InChI=1S/2H2OSi.H2O.H2Si.H2/c2*1-2;;;/h2*1-2H;2*1H2;1H. The molecule has 0 rings (SSSR count). The average molecular weight is 142 g/mol. The molecule has 0 aromatic heterocycles. The molecule has 0 unspecified atom stereocenters. The van der Waals surface area contributed by atoms with Crippen LogP contribution in [-0.4, -0.2) is 47.0 Å². The van der Waals surface area contributed by atoms with E-state index < -0.39 is 0 Å². The zero-order chi connectivity index (χ0) is 4.00. The summed E-state index contributed by atoms with van der Waals surface area (Å²) in [6.45, 7) is 0. The molecule has 40 valence electrons. The van der Waals surface area contributed by atoms with Gasteiger partial charge in [-0.15, -0.1) is 0 Å². The number of hydrogen-bond acceptors (Lipinski definition) is 2. The molecule has 4 N–H and O–H groups in total. The van der Waals surface area contributed by atoms with Crippen LogP contribution >= 0.6 is 0 Å². The summed E-state index contributed by atoms with van der Waals surface area (Å²) in [5.41, 5.74) is 0. The molecule has 0 amide bonds. The van der Waals surface area contributed by atoms with E-state index in [1.165, 1.54) is 21.0 Å². The molecule has 6 heavy (non-hydrogen) atoms. The van der Waals surface area contributed by atoms with Crippen molar-refractivity contribution in [2.24, 2.45) is 0 Å². The maximum atomic E-state index is 6.92. The predicted octanol–water partition coefficient (Wildman–Crippen LogP) is -3.91. The van der Waals surface area contributed by atoms with Crippen LogP contribution in [0.1, 0.15) is 1.43 Å². The van der Waals surface area contributed by atoms with E-state index in [-0.39, 0.29) is 17.9 Å². The monoisotopic (exact) mass is 142 g/mol. The zero-order valence-electron chi connectivity index (χ0n) is 3.26. The van der Waals surface area contributed by atoms with Crippen LogP contribution in [0.25, 0.3) is 0 Å². The minimum absolute atomic E-state index is 0. The summed E-state index contributed by atoms with van der Waals surface area (Å²) in [4.78, 5) is 13.8. The van der Waals surface area contributed by atoms with Crippen LogP contribution in [0.3, 0.4) is 0 Å². The maximum absolute atomic E-state index is 6.92. The molecule has 0 aromatic rings. The molecule has 0 saturated carbocycles. The molecule has 6 radical (unpaired) electrons. The summed E-state index contributed by atoms with van der Waals surface area (Å²) >= 11 is 0. The van der Waals surface area contributed by atoms with Crippen molar-refractivity contribution in [3.8, 4) is 0 Å². The van der Waals surface area contributed by atoms with Crippen molar-refractivity contribution >= 4 is 31.9 Å². The van der Waals surface area contributed by atoms with Gasteiger partial charge in [-0.2, -0.15) is 0 Å². The van der Waals surface area contributed by atoms with Gasteiger partial charge in [0, 0.05) is 1.43 Å². The Morgan fingerprint density at radius 1 is 1.00 bits per heavy atom. The minimum atomic E-state index is 0. The molecule has 0 spiro atoms. The fourth-order valence-corrected chi connectivity index (χ4v) is 0. The van der Waals surface area contributed by atoms with Gasteiger partial charge in [-0.25, -0.2) is 0 Å². The Labute approximate surface area is 49.3 Å². The normalized spacial score (nSPS) is 2.00. The fourth-order valence-electron chi connectivity index (χ4n) is 0. The lowest BCUT2D eigenvalue weighted by molar-refractivity contribution is 0.628. The second-order valence-corrected chi connectivity index (χ2v) is 0. The molecule has 0 saturated heterocycles. The van der Waals surface area contributed by atoms with Crippen molar-refractivity contribution in [2.45, 2.75) is 0 Å². The molecule has 6 heteroatoms. The largest absolute Gasteiger partial charge is 0.436 e. The number of rotatable bonds is 0. The lowest BCUT2D eigenvalue weighted by Gasteiger charge is -1.17. The van der Waals surface area contributed by atoms with Crippen molar-refractivity contribution in [2.75, 3.05) is 0 Å². The van der Waals surface area contributed by atoms with Gasteiger partial charge in [0.2, 0.25) is 21.0 Å². The van der Waals surface area contributed by atoms with Crippen molar-refractivity contribution in [1.82, 2.24) is 0 Å². The van der Waals surface area contributed by atoms with Gasteiger partial charge >= 0.3 is 0 Å². The van der Waals surface area contributed by atoms with E-state index in [9.17, 15) is 0 Å². The molecule has 0 aliphatic rings. The lowest BCUT2D eigenvalue weighted by Crippen LogP contribution is -1.34. The first kappa shape index (κ1) is 31.2. The van der Waals surface area contributed by atoms with Crippen molar-refractivity contribution < 1.29 is 16.5 Å². The molecular formula is H10O3Si3. The summed E-state index contributed by atoms with van der Waals surface area (Å²) in [5.74, 6) is 0. The molecular weight excluding hydrogens is 132 g/mol. The Morgan fingerprint density at radius 2 is 1.00 bits per heavy atom. The van der Waals surface area contributed by atoms with Crippen LogP contribution in [0.15, 0.2) is 0 Å². The maximum Gasteiger partial charge on any atom is 0.202 e. The van der Waals surface area contributed by atoms with Gasteiger partial charge in [0.1, 0.15) is 0 Å². The Hall–Kier alpha value is 0.531. The second-order valence-electron chi connectivity index (χ2n) is 0. The van der Waals surface area contributed by atoms with E-state index in [1.54, 1.807) is 0 Å². The van der Waals surface area contributed by atoms with E-state index in [4.69, 9.17) is 9.59 Å². The van der Waals surface area contributed by atoms with Crippen molar-refractivity contribution in [3.63, 3.8) is 0 Å². The first-order valence-electron chi connectivity index (χ1n) is 0.516. The average Bonchev–Trinajstić information content (AvgIpc) is 1.50. The third-order valence-electron chi connectivity index (χ3n) is 0. The SMILES string of the molecule is O.O[SiH].O[SiH].[HH].[SiH2]. The van der Waals surface area contributed by atoms with Gasteiger partial charge in [-0.05, 0) is 11.0 Å². The van der Waals surface area contributed by atoms with Crippen LogP contribution < -0.4 is 0 Å². The first-order chi connectivity index (χ1) is 2.00. The third-order valence-corrected chi connectivity index (χ3v) is 0. The Kier molecular flexibility index (Phi) is 2100. The summed E-state index contributed by atoms with van der Waals surface area (Å²) < 4.78 is 0. The van der Waals surface area contributed by atoms with Crippen LogP contribution in [0, 0.1) is 0 Å². The Bertz CT molecular complexity index is 10.1. The highest BCUT2D eigenvalue weighted by molar-refractivity contribution is 5.95. The highest BCUT2D eigenvalue weighted by Crippen LogP contribution is 0.668. The molecule has 0 atom stereocenters. The minimum Gasteiger partial charge on any atom is -0.436 e. The fraction of sp³-hybridized carbons (Fsp3) is 0. The van der Waals surface area contributed by atoms with Crippen molar-refractivity contribution in [1.29, 1.82) is 0 Å². The van der Waals surface area contributed by atoms with Gasteiger partial charge < -0.3 is 15.1 Å². The summed E-state index contributed by atoms with van der Waals surface area (Å²) in [7, 11) is 2.83. The van der Waals surface area contributed by atoms with Crippen LogP contribution in [0.5, 0.6) is 0 Å². The molecule has 0 bridgehead atoms. The van der Waals surface area contributed by atoms with E-state index in [2.05, 4.69) is 0 Å². The van der Waals surface area contributed by atoms with Crippen LogP contribution in [-0.2, 0) is 0 Å². The molecule has 0 aliphatic heterocycles. The Morgan fingerprint density at radius 3 is 1.00 bits per heavy atom. The van der Waals surface area contributed by atoms with E-state index in [0.717, 1.165) is 0 Å². The molecule has 3 nitrogen and oxygen atoms in total. The third kappa shape index (κ3) is 201. The Balaban J connectivity index is -0.00000000267. The van der Waals surface area contributed by atoms with Gasteiger partial charge in [0.15, 0.2) is 0 Å². The molecule has 0 aliphatic carbocycles. The smallest absolute Gasteiger partial charge is 0.202 e. The van der Waals surface area contributed by atoms with Crippen LogP contribution in [0.4, 0.5) is 0 Å². The second kappa shape index (κ2) is 403. The predicted molar refractivity (Wildman–Crippen MR) is 33.0 cm³/mol. The van der Waals surface area contributed by atoms with E-state index in [1.807, 2.05) is 0 Å². The quantitative estimate of drug-likeness (QED) is 0.339. The van der Waals surface area contributed by atoms with Gasteiger partial charge in [0.05, 0.1) is 0 Å². The van der Waals surface area contributed by atoms with Gasteiger partial charge in [-0.3, -0.25) is 0 Å². The van der Waals surface area contributed by atoms with E-state index >= 15 is 0 Å². The van der Waals surface area contributed by atoms with E-state index in [0.29, 0.717) is 0 Å². The summed E-state index contributed by atoms with van der Waals surface area (Å²) in [6, 6.07) is 0. The zero-order valence-corrected chi connectivity index (χ0v) is 6.98. The first-order valence-corrected chi connectivity index (χ1v) is 1.55. The topological polar surface area (TPSA) is 72.0 Å². The molecule has 0 aromatic carbocycles. The number of hydrogen-bond donors (Lipinski definition) is 2. The lowest BCUT2D eigenvalue weighted by atomic mass is 15.9. The summed E-state index contributed by atoms with van der Waals surface area (Å²) in [6.07, 6.45) is 0. The highest BCUT2D eigenvalue weighted by Gasteiger charge is 0.935. The van der Waals surface area contributed by atoms with Crippen LogP contribution in [0.2, 0.25) is 0 Å². The molecule has 0 heterocycles.